The first kappa shape index (κ1) is 15.7. The first-order chi connectivity index (χ1) is 10.5. The zero-order chi connectivity index (χ0) is 15.9. The molecule has 3 nitrogen and oxygen atoms in total. The molecule has 3 rings (SSSR count). The average Bonchev–Trinajstić information content (AvgIpc) is 2.79. The minimum atomic E-state index is -3.05. The largest absolute Gasteiger partial charge is 0.433 e. The molecule has 120 valence electrons. The number of hydrogen-bond acceptors (Lipinski definition) is 3. The maximum atomic E-state index is 14.2. The number of halogens is 5. The SMILES string of the molecule is Fc1cc(Cl)c(OC(F)F)cc1N1N=C2CCCCC2C1Cl. The first-order valence-electron chi connectivity index (χ1n) is 6.92. The van der Waals surface area contributed by atoms with Crippen LogP contribution in [-0.2, 0) is 0 Å². The van der Waals surface area contributed by atoms with Crippen LogP contribution in [0.4, 0.5) is 18.9 Å². The molecule has 1 aliphatic heterocycles. The fraction of sp³-hybridized carbons (Fsp3) is 0.500. The van der Waals surface area contributed by atoms with Gasteiger partial charge in [0, 0.05) is 17.7 Å². The van der Waals surface area contributed by atoms with Gasteiger partial charge in [-0.3, -0.25) is 0 Å². The van der Waals surface area contributed by atoms with E-state index in [1.54, 1.807) is 0 Å². The molecule has 1 aliphatic carbocycles. The van der Waals surface area contributed by atoms with Crippen LogP contribution >= 0.6 is 23.2 Å². The zero-order valence-electron chi connectivity index (χ0n) is 11.4. The Morgan fingerprint density at radius 3 is 2.77 bits per heavy atom. The Bertz CT molecular complexity index is 612. The summed E-state index contributed by atoms with van der Waals surface area (Å²) in [6.07, 6.45) is 3.78. The van der Waals surface area contributed by atoms with Gasteiger partial charge in [0.2, 0.25) is 0 Å². The smallest absolute Gasteiger partial charge is 0.387 e. The topological polar surface area (TPSA) is 24.8 Å². The number of alkyl halides is 3. The van der Waals surface area contributed by atoms with Crippen molar-refractivity contribution in [3.63, 3.8) is 0 Å². The first-order valence-corrected chi connectivity index (χ1v) is 7.73. The molecule has 8 heteroatoms. The van der Waals surface area contributed by atoms with Crippen LogP contribution in [0.5, 0.6) is 5.75 Å². The molecule has 1 heterocycles. The van der Waals surface area contributed by atoms with E-state index in [1.165, 1.54) is 5.01 Å². The van der Waals surface area contributed by atoms with Gasteiger partial charge in [-0.1, -0.05) is 29.6 Å². The van der Waals surface area contributed by atoms with Crippen LogP contribution in [0.1, 0.15) is 25.7 Å². The van der Waals surface area contributed by atoms with E-state index in [4.69, 9.17) is 23.2 Å². The number of anilines is 1. The highest BCUT2D eigenvalue weighted by atomic mass is 35.5. The number of ether oxygens (including phenoxy) is 1. The van der Waals surface area contributed by atoms with Crippen molar-refractivity contribution in [3.05, 3.63) is 23.0 Å². The molecule has 1 saturated carbocycles. The van der Waals surface area contributed by atoms with E-state index in [-0.39, 0.29) is 22.4 Å². The van der Waals surface area contributed by atoms with Crippen molar-refractivity contribution in [1.82, 2.24) is 0 Å². The van der Waals surface area contributed by atoms with Crippen molar-refractivity contribution in [3.8, 4) is 5.75 Å². The second kappa shape index (κ2) is 6.16. The second-order valence-electron chi connectivity index (χ2n) is 5.27. The molecular weight excluding hydrogens is 340 g/mol. The van der Waals surface area contributed by atoms with E-state index < -0.39 is 17.9 Å². The Morgan fingerprint density at radius 1 is 1.32 bits per heavy atom. The van der Waals surface area contributed by atoms with Gasteiger partial charge in [-0.05, 0) is 25.3 Å². The molecule has 0 aromatic heterocycles. The summed E-state index contributed by atoms with van der Waals surface area (Å²) in [5, 5.41) is 5.47. The summed E-state index contributed by atoms with van der Waals surface area (Å²) in [6, 6.07) is 2.04. The normalized spacial score (nSPS) is 24.5. The van der Waals surface area contributed by atoms with Gasteiger partial charge in [-0.15, -0.1) is 0 Å². The van der Waals surface area contributed by atoms with Crippen LogP contribution in [-0.4, -0.2) is 17.8 Å². The van der Waals surface area contributed by atoms with Crippen molar-refractivity contribution in [2.75, 3.05) is 5.01 Å². The average molecular weight is 353 g/mol. The van der Waals surface area contributed by atoms with Gasteiger partial charge in [0.1, 0.15) is 22.8 Å². The van der Waals surface area contributed by atoms with E-state index in [0.717, 1.165) is 43.5 Å². The highest BCUT2D eigenvalue weighted by Crippen LogP contribution is 2.41. The van der Waals surface area contributed by atoms with Gasteiger partial charge in [0.25, 0.3) is 0 Å². The van der Waals surface area contributed by atoms with Gasteiger partial charge in [0.15, 0.2) is 0 Å². The van der Waals surface area contributed by atoms with Gasteiger partial charge in [-0.25, -0.2) is 9.40 Å². The molecule has 0 amide bonds. The molecule has 2 aliphatic rings. The lowest BCUT2D eigenvalue weighted by Crippen LogP contribution is -2.30. The summed E-state index contributed by atoms with van der Waals surface area (Å²) < 4.78 is 43.3. The van der Waals surface area contributed by atoms with Crippen LogP contribution in [0.25, 0.3) is 0 Å². The summed E-state index contributed by atoms with van der Waals surface area (Å²) in [5.41, 5.74) is 0.379. The quantitative estimate of drug-likeness (QED) is 0.564. The molecule has 0 bridgehead atoms. The highest BCUT2D eigenvalue weighted by Gasteiger charge is 2.39. The lowest BCUT2D eigenvalue weighted by molar-refractivity contribution is -0.0497. The van der Waals surface area contributed by atoms with Gasteiger partial charge in [0.05, 0.1) is 5.02 Å². The van der Waals surface area contributed by atoms with E-state index in [9.17, 15) is 13.2 Å². The van der Waals surface area contributed by atoms with Crippen molar-refractivity contribution in [1.29, 1.82) is 0 Å². The maximum Gasteiger partial charge on any atom is 0.387 e. The Labute approximate surface area is 135 Å². The zero-order valence-corrected chi connectivity index (χ0v) is 12.9. The summed E-state index contributed by atoms with van der Waals surface area (Å²) in [4.78, 5) is 0. The number of rotatable bonds is 3. The molecule has 0 N–H and O–H groups in total. The molecule has 0 radical (unpaired) electrons. The molecule has 0 spiro atoms. The number of fused-ring (bicyclic) bond motifs is 1. The Kier molecular flexibility index (Phi) is 4.41. The fourth-order valence-corrected chi connectivity index (χ4v) is 3.49. The third-order valence-corrected chi connectivity index (χ3v) is 4.68. The van der Waals surface area contributed by atoms with Crippen molar-refractivity contribution >= 4 is 34.6 Å². The molecule has 1 aromatic carbocycles. The van der Waals surface area contributed by atoms with Crippen LogP contribution in [0.3, 0.4) is 0 Å². The molecule has 0 saturated heterocycles. The summed E-state index contributed by atoms with van der Waals surface area (Å²) in [5.74, 6) is -0.919. The lowest BCUT2D eigenvalue weighted by atomic mass is 9.88. The fourth-order valence-electron chi connectivity index (χ4n) is 2.87. The molecule has 1 aromatic rings. The third kappa shape index (κ3) is 2.86. The Hall–Kier alpha value is -1.14. The molecule has 22 heavy (non-hydrogen) atoms. The van der Waals surface area contributed by atoms with E-state index in [2.05, 4.69) is 9.84 Å². The van der Waals surface area contributed by atoms with E-state index in [0.29, 0.717) is 0 Å². The molecular formula is C14H13Cl2F3N2O. The van der Waals surface area contributed by atoms with Gasteiger partial charge < -0.3 is 4.74 Å². The van der Waals surface area contributed by atoms with Crippen LogP contribution < -0.4 is 9.75 Å². The van der Waals surface area contributed by atoms with Gasteiger partial charge >= 0.3 is 6.61 Å². The van der Waals surface area contributed by atoms with Gasteiger partial charge in [-0.2, -0.15) is 13.9 Å². The van der Waals surface area contributed by atoms with Crippen LogP contribution in [0, 0.1) is 11.7 Å². The third-order valence-electron chi connectivity index (χ3n) is 3.89. The standard InChI is InChI=1S/C14H13Cl2F3N2O/c15-8-5-9(17)11(6-12(8)22-14(18)19)21-13(16)7-3-1-2-4-10(7)20-21/h5-7,13-14H,1-4H2. The highest BCUT2D eigenvalue weighted by molar-refractivity contribution is 6.32. The van der Waals surface area contributed by atoms with E-state index >= 15 is 0 Å². The Morgan fingerprint density at radius 2 is 2.09 bits per heavy atom. The predicted molar refractivity (Wildman–Crippen MR) is 79.6 cm³/mol. The number of hydrogen-bond donors (Lipinski definition) is 0. The minimum absolute atomic E-state index is 0.0121. The summed E-state index contributed by atoms with van der Waals surface area (Å²) in [6.45, 7) is -3.05. The minimum Gasteiger partial charge on any atom is -0.433 e. The molecule has 2 atom stereocenters. The molecule has 2 unspecified atom stereocenters. The monoisotopic (exact) mass is 352 g/mol. The van der Waals surface area contributed by atoms with Crippen LogP contribution in [0.2, 0.25) is 5.02 Å². The predicted octanol–water partition coefficient (Wildman–Crippen LogP) is 5.01. The molecule has 1 fully saturated rings. The summed E-state index contributed by atoms with van der Waals surface area (Å²) >= 11 is 12.1. The number of nitrogens with zero attached hydrogens (tertiary/aromatic N) is 2. The second-order valence-corrected chi connectivity index (χ2v) is 6.13. The summed E-state index contributed by atoms with van der Waals surface area (Å²) in [7, 11) is 0. The van der Waals surface area contributed by atoms with Crippen molar-refractivity contribution < 1.29 is 17.9 Å². The van der Waals surface area contributed by atoms with E-state index in [1.807, 2.05) is 0 Å². The Balaban J connectivity index is 1.95. The number of hydrazone groups is 1. The number of benzene rings is 1. The van der Waals surface area contributed by atoms with Crippen LogP contribution in [0.15, 0.2) is 17.2 Å². The lowest BCUT2D eigenvalue weighted by Gasteiger charge is -2.25. The maximum absolute atomic E-state index is 14.2. The van der Waals surface area contributed by atoms with Crippen molar-refractivity contribution in [2.24, 2.45) is 11.0 Å². The van der Waals surface area contributed by atoms with Crippen molar-refractivity contribution in [2.45, 2.75) is 37.8 Å².